The fourth-order valence-electron chi connectivity index (χ4n) is 1.16. The van der Waals surface area contributed by atoms with Crippen molar-refractivity contribution in [1.29, 1.82) is 0 Å². The summed E-state index contributed by atoms with van der Waals surface area (Å²) < 4.78 is 18.3. The molecule has 2 rings (SSSR count). The van der Waals surface area contributed by atoms with Crippen LogP contribution in [0.4, 0.5) is 4.39 Å². The Bertz CT molecular complexity index is 456. The Balaban J connectivity index is 2.22. The quantitative estimate of drug-likeness (QED) is 0.737. The van der Waals surface area contributed by atoms with Crippen LogP contribution < -0.4 is 4.74 Å². The Labute approximate surface area is 92.1 Å². The van der Waals surface area contributed by atoms with Gasteiger partial charge in [0, 0.05) is 6.07 Å². The van der Waals surface area contributed by atoms with Gasteiger partial charge in [-0.05, 0) is 24.3 Å². The zero-order valence-electron chi connectivity index (χ0n) is 7.78. The van der Waals surface area contributed by atoms with Gasteiger partial charge in [0.15, 0.2) is 0 Å². The second-order valence-electron chi connectivity index (χ2n) is 2.99. The van der Waals surface area contributed by atoms with Crippen LogP contribution in [0.25, 0.3) is 0 Å². The number of benzene rings is 2. The first-order valence-corrected chi connectivity index (χ1v) is 4.81. The third-order valence-corrected chi connectivity index (χ3v) is 2.16. The molecule has 0 aliphatic carbocycles. The molecule has 0 saturated heterocycles. The van der Waals surface area contributed by atoms with E-state index >= 15 is 0 Å². The summed E-state index contributed by atoms with van der Waals surface area (Å²) in [5.41, 5.74) is 0. The van der Waals surface area contributed by atoms with Gasteiger partial charge in [-0.1, -0.05) is 29.8 Å². The fourth-order valence-corrected chi connectivity index (χ4v) is 1.34. The van der Waals surface area contributed by atoms with Crippen LogP contribution in [0, 0.1) is 5.82 Å². The second kappa shape index (κ2) is 4.32. The lowest BCUT2D eigenvalue weighted by atomic mass is 10.3. The molecule has 0 radical (unpaired) electrons. The largest absolute Gasteiger partial charge is 0.457 e. The maximum absolute atomic E-state index is 12.8. The van der Waals surface area contributed by atoms with Crippen molar-refractivity contribution >= 4 is 11.6 Å². The molecule has 0 heterocycles. The fraction of sp³-hybridized carbons (Fsp3) is 0. The number of rotatable bonds is 2. The Morgan fingerprint density at radius 2 is 1.67 bits per heavy atom. The van der Waals surface area contributed by atoms with Crippen molar-refractivity contribution in [2.24, 2.45) is 0 Å². The normalized spacial score (nSPS) is 10.0. The van der Waals surface area contributed by atoms with Gasteiger partial charge >= 0.3 is 0 Å². The van der Waals surface area contributed by atoms with Gasteiger partial charge in [0.2, 0.25) is 0 Å². The summed E-state index contributed by atoms with van der Waals surface area (Å²) in [5.74, 6) is 0.768. The van der Waals surface area contributed by atoms with Crippen molar-refractivity contribution in [2.45, 2.75) is 0 Å². The van der Waals surface area contributed by atoms with Gasteiger partial charge < -0.3 is 4.74 Å². The molecule has 0 unspecified atom stereocenters. The van der Waals surface area contributed by atoms with E-state index in [1.165, 1.54) is 18.2 Å². The van der Waals surface area contributed by atoms with E-state index in [1.807, 2.05) is 30.3 Å². The van der Waals surface area contributed by atoms with Crippen molar-refractivity contribution in [3.63, 3.8) is 0 Å². The predicted octanol–water partition coefficient (Wildman–Crippen LogP) is 4.27. The molecular weight excluding hydrogens is 215 g/mol. The van der Waals surface area contributed by atoms with Crippen molar-refractivity contribution in [2.75, 3.05) is 0 Å². The molecule has 0 fully saturated rings. The van der Waals surface area contributed by atoms with Crippen molar-refractivity contribution in [3.05, 3.63) is 59.4 Å². The van der Waals surface area contributed by atoms with E-state index in [4.69, 9.17) is 16.3 Å². The van der Waals surface area contributed by atoms with E-state index in [9.17, 15) is 4.39 Å². The Hall–Kier alpha value is -1.54. The molecule has 0 aliphatic heterocycles. The molecule has 0 N–H and O–H groups in total. The Kier molecular flexibility index (Phi) is 2.88. The second-order valence-corrected chi connectivity index (χ2v) is 3.40. The molecule has 0 spiro atoms. The number of halogens is 2. The lowest BCUT2D eigenvalue weighted by Crippen LogP contribution is -1.84. The van der Waals surface area contributed by atoms with Crippen LogP contribution in [-0.2, 0) is 0 Å². The van der Waals surface area contributed by atoms with Gasteiger partial charge in [-0.25, -0.2) is 4.39 Å². The summed E-state index contributed by atoms with van der Waals surface area (Å²) in [5, 5.41) is 0.0587. The minimum atomic E-state index is -0.447. The molecule has 0 atom stereocenters. The zero-order valence-corrected chi connectivity index (χ0v) is 8.54. The lowest BCUT2D eigenvalue weighted by molar-refractivity contribution is 0.480. The van der Waals surface area contributed by atoms with Crippen LogP contribution in [0.3, 0.4) is 0 Å². The average Bonchev–Trinajstić information content (AvgIpc) is 2.25. The van der Waals surface area contributed by atoms with E-state index in [-0.39, 0.29) is 5.02 Å². The summed E-state index contributed by atoms with van der Waals surface area (Å²) in [4.78, 5) is 0. The molecule has 0 amide bonds. The highest BCUT2D eigenvalue weighted by molar-refractivity contribution is 6.30. The average molecular weight is 223 g/mol. The molecule has 3 heteroatoms. The predicted molar refractivity (Wildman–Crippen MR) is 57.9 cm³/mol. The van der Waals surface area contributed by atoms with Gasteiger partial charge in [0.25, 0.3) is 0 Å². The van der Waals surface area contributed by atoms with Crippen molar-refractivity contribution in [3.8, 4) is 11.5 Å². The third-order valence-electron chi connectivity index (χ3n) is 1.87. The minimum absolute atomic E-state index is 0.0587. The zero-order chi connectivity index (χ0) is 10.7. The van der Waals surface area contributed by atoms with Crippen LogP contribution in [-0.4, -0.2) is 0 Å². The lowest BCUT2D eigenvalue weighted by Gasteiger charge is -2.05. The summed E-state index contributed by atoms with van der Waals surface area (Å²) in [6, 6.07) is 13.5. The smallest absolute Gasteiger partial charge is 0.142 e. The molecule has 2 aromatic rings. The third kappa shape index (κ3) is 2.48. The molecule has 0 saturated carbocycles. The van der Waals surface area contributed by atoms with Crippen LogP contribution in [0.5, 0.6) is 11.5 Å². The van der Waals surface area contributed by atoms with Gasteiger partial charge in [0.05, 0.1) is 5.02 Å². The minimum Gasteiger partial charge on any atom is -0.457 e. The van der Waals surface area contributed by atoms with E-state index in [1.54, 1.807) is 0 Å². The first-order chi connectivity index (χ1) is 7.25. The van der Waals surface area contributed by atoms with Crippen LogP contribution in [0.2, 0.25) is 5.02 Å². The summed E-state index contributed by atoms with van der Waals surface area (Å²) >= 11 is 5.63. The monoisotopic (exact) mass is 222 g/mol. The SMILES string of the molecule is Fc1ccc(Oc2ccccc2)cc1Cl. The highest BCUT2D eigenvalue weighted by Gasteiger charge is 2.02. The molecule has 0 aromatic heterocycles. The highest BCUT2D eigenvalue weighted by Crippen LogP contribution is 2.25. The van der Waals surface area contributed by atoms with E-state index < -0.39 is 5.82 Å². The first-order valence-electron chi connectivity index (χ1n) is 4.43. The Morgan fingerprint density at radius 3 is 2.33 bits per heavy atom. The molecular formula is C12H8ClFO. The van der Waals surface area contributed by atoms with Gasteiger partial charge in [-0.15, -0.1) is 0 Å². The summed E-state index contributed by atoms with van der Waals surface area (Å²) in [7, 11) is 0. The van der Waals surface area contributed by atoms with E-state index in [2.05, 4.69) is 0 Å². The number of ether oxygens (including phenoxy) is 1. The topological polar surface area (TPSA) is 9.23 Å². The highest BCUT2D eigenvalue weighted by atomic mass is 35.5. The van der Waals surface area contributed by atoms with E-state index in [0.717, 1.165) is 0 Å². The van der Waals surface area contributed by atoms with Crippen LogP contribution in [0.1, 0.15) is 0 Å². The number of para-hydroxylation sites is 1. The Morgan fingerprint density at radius 1 is 0.933 bits per heavy atom. The molecule has 0 bridgehead atoms. The number of hydrogen-bond donors (Lipinski definition) is 0. The summed E-state index contributed by atoms with van der Waals surface area (Å²) in [6.45, 7) is 0. The van der Waals surface area contributed by atoms with Crippen molar-refractivity contribution < 1.29 is 9.13 Å². The summed E-state index contributed by atoms with van der Waals surface area (Å²) in [6.07, 6.45) is 0. The van der Waals surface area contributed by atoms with Gasteiger partial charge in [-0.2, -0.15) is 0 Å². The maximum Gasteiger partial charge on any atom is 0.142 e. The molecule has 1 nitrogen and oxygen atoms in total. The number of hydrogen-bond acceptors (Lipinski definition) is 1. The van der Waals surface area contributed by atoms with Crippen LogP contribution >= 0.6 is 11.6 Å². The van der Waals surface area contributed by atoms with Gasteiger partial charge in [-0.3, -0.25) is 0 Å². The van der Waals surface area contributed by atoms with E-state index in [0.29, 0.717) is 11.5 Å². The molecule has 0 aliphatic rings. The standard InChI is InChI=1S/C12H8ClFO/c13-11-8-10(6-7-12(11)14)15-9-4-2-1-3-5-9/h1-8H. The molecule has 76 valence electrons. The van der Waals surface area contributed by atoms with Crippen molar-refractivity contribution in [1.82, 2.24) is 0 Å². The molecule has 2 aromatic carbocycles. The molecule has 15 heavy (non-hydrogen) atoms. The maximum atomic E-state index is 12.8. The first kappa shape index (κ1) is 9.99. The van der Waals surface area contributed by atoms with Crippen LogP contribution in [0.15, 0.2) is 48.5 Å². The van der Waals surface area contributed by atoms with Gasteiger partial charge in [0.1, 0.15) is 17.3 Å².